The molecule has 0 spiro atoms. The number of furan rings is 1. The van der Waals surface area contributed by atoms with Crippen molar-refractivity contribution < 1.29 is 14.3 Å². The number of aromatic hydroxyl groups is 1. The van der Waals surface area contributed by atoms with Crippen LogP contribution in [0.2, 0.25) is 0 Å². The number of pyridine rings is 1. The lowest BCUT2D eigenvalue weighted by molar-refractivity contribution is 0.0938. The molecule has 0 aliphatic carbocycles. The number of nitrogens with one attached hydrogen (secondary N) is 1. The molecule has 36 heavy (non-hydrogen) atoms. The van der Waals surface area contributed by atoms with Crippen LogP contribution in [-0.2, 0) is 0 Å². The van der Waals surface area contributed by atoms with Gasteiger partial charge in [-0.15, -0.1) is 0 Å². The molecule has 5 heteroatoms. The number of aromatic nitrogens is 1. The lowest BCUT2D eigenvalue weighted by Gasteiger charge is -2.19. The molecule has 0 saturated carbocycles. The van der Waals surface area contributed by atoms with Gasteiger partial charge in [0, 0.05) is 16.3 Å². The minimum atomic E-state index is -0.558. The minimum Gasteiger partial charge on any atom is -0.505 e. The van der Waals surface area contributed by atoms with Crippen molar-refractivity contribution >= 4 is 27.8 Å². The van der Waals surface area contributed by atoms with Crippen LogP contribution in [0.5, 0.6) is 5.75 Å². The molecule has 1 atom stereocenters. The average Bonchev–Trinajstić information content (AvgIpc) is 3.36. The molecular formula is C31H22N2O3. The van der Waals surface area contributed by atoms with Crippen molar-refractivity contribution in [2.24, 2.45) is 0 Å². The Balaban J connectivity index is 1.49. The number of hydrogen-bond acceptors (Lipinski definition) is 4. The second-order valence-corrected chi connectivity index (χ2v) is 8.57. The quantitative estimate of drug-likeness (QED) is 0.288. The van der Waals surface area contributed by atoms with Gasteiger partial charge in [0.05, 0.1) is 11.1 Å². The van der Waals surface area contributed by atoms with Crippen LogP contribution in [0, 0.1) is 0 Å². The van der Waals surface area contributed by atoms with Crippen LogP contribution in [0.15, 0.2) is 120 Å². The molecule has 1 amide bonds. The highest BCUT2D eigenvalue weighted by Gasteiger charge is 2.26. The first-order chi connectivity index (χ1) is 17.7. The molecule has 2 aromatic heterocycles. The van der Waals surface area contributed by atoms with E-state index in [0.717, 1.165) is 22.1 Å². The van der Waals surface area contributed by atoms with Crippen molar-refractivity contribution in [3.63, 3.8) is 0 Å². The monoisotopic (exact) mass is 470 g/mol. The SMILES string of the molecule is O=C(NC(c1ccccc1)c1cc2ccccc2o1)c1c(O)c(-c2ccccc2)nc2ccccc12. The van der Waals surface area contributed by atoms with Gasteiger partial charge in [0.1, 0.15) is 23.1 Å². The van der Waals surface area contributed by atoms with E-state index in [4.69, 9.17) is 4.42 Å². The summed E-state index contributed by atoms with van der Waals surface area (Å²) in [5.74, 6) is 0.0308. The molecular weight excluding hydrogens is 448 g/mol. The van der Waals surface area contributed by atoms with Crippen LogP contribution in [-0.4, -0.2) is 16.0 Å². The maximum Gasteiger partial charge on any atom is 0.256 e. The van der Waals surface area contributed by atoms with Gasteiger partial charge in [-0.1, -0.05) is 97.1 Å². The van der Waals surface area contributed by atoms with Crippen LogP contribution in [0.25, 0.3) is 33.1 Å². The standard InChI is InChI=1S/C31H22N2O3/c34-30-27(23-16-8-9-17-24(23)32-29(30)21-13-5-2-6-14-21)31(35)33-28(20-11-3-1-4-12-20)26-19-22-15-7-10-18-25(22)36-26/h1-19,28,34H,(H,33,35). The van der Waals surface area contributed by atoms with Crippen molar-refractivity contribution in [3.05, 3.63) is 132 Å². The van der Waals surface area contributed by atoms with Gasteiger partial charge in [-0.3, -0.25) is 4.79 Å². The number of carbonyl (C=O) groups is 1. The van der Waals surface area contributed by atoms with Gasteiger partial charge in [0.25, 0.3) is 5.91 Å². The normalized spacial score (nSPS) is 12.0. The Labute approximate surface area is 207 Å². The Morgan fingerprint density at radius 2 is 1.47 bits per heavy atom. The van der Waals surface area contributed by atoms with Gasteiger partial charge < -0.3 is 14.8 Å². The Bertz CT molecular complexity index is 1660. The summed E-state index contributed by atoms with van der Waals surface area (Å²) in [6, 6.07) is 35.5. The molecule has 2 heterocycles. The zero-order chi connectivity index (χ0) is 24.5. The third kappa shape index (κ3) is 3.87. The van der Waals surface area contributed by atoms with Gasteiger partial charge in [-0.25, -0.2) is 4.98 Å². The van der Waals surface area contributed by atoms with E-state index in [1.807, 2.05) is 109 Å². The molecule has 5 nitrogen and oxygen atoms in total. The van der Waals surface area contributed by atoms with Crippen LogP contribution in [0.4, 0.5) is 0 Å². The summed E-state index contributed by atoms with van der Waals surface area (Å²) in [5, 5.41) is 16.0. The summed E-state index contributed by atoms with van der Waals surface area (Å²) in [7, 11) is 0. The fourth-order valence-corrected chi connectivity index (χ4v) is 4.54. The summed E-state index contributed by atoms with van der Waals surface area (Å²) >= 11 is 0. The van der Waals surface area contributed by atoms with Crippen molar-refractivity contribution in [2.75, 3.05) is 0 Å². The van der Waals surface area contributed by atoms with Gasteiger partial charge in [-0.2, -0.15) is 0 Å². The van der Waals surface area contributed by atoms with E-state index in [2.05, 4.69) is 10.3 Å². The molecule has 0 aliphatic heterocycles. The maximum atomic E-state index is 13.9. The highest BCUT2D eigenvalue weighted by atomic mass is 16.3. The van der Waals surface area contributed by atoms with Crippen LogP contribution < -0.4 is 5.32 Å². The third-order valence-corrected chi connectivity index (χ3v) is 6.28. The summed E-state index contributed by atoms with van der Waals surface area (Å²) in [6.07, 6.45) is 0. The minimum absolute atomic E-state index is 0.159. The Morgan fingerprint density at radius 1 is 0.806 bits per heavy atom. The van der Waals surface area contributed by atoms with E-state index in [-0.39, 0.29) is 11.3 Å². The number of fused-ring (bicyclic) bond motifs is 2. The second-order valence-electron chi connectivity index (χ2n) is 8.57. The summed E-state index contributed by atoms with van der Waals surface area (Å²) in [6.45, 7) is 0. The first-order valence-electron chi connectivity index (χ1n) is 11.7. The number of benzene rings is 4. The Hall–Kier alpha value is -4.90. The lowest BCUT2D eigenvalue weighted by atomic mass is 10.00. The smallest absolute Gasteiger partial charge is 0.256 e. The van der Waals surface area contributed by atoms with E-state index < -0.39 is 11.9 Å². The summed E-state index contributed by atoms with van der Waals surface area (Å²) < 4.78 is 6.14. The molecule has 0 radical (unpaired) electrons. The molecule has 2 N–H and O–H groups in total. The third-order valence-electron chi connectivity index (χ3n) is 6.28. The molecule has 0 saturated heterocycles. The molecule has 174 valence electrons. The zero-order valence-corrected chi connectivity index (χ0v) is 19.3. The Morgan fingerprint density at radius 3 is 2.25 bits per heavy atom. The largest absolute Gasteiger partial charge is 0.505 e. The van der Waals surface area contributed by atoms with E-state index in [1.54, 1.807) is 6.07 Å². The molecule has 1 unspecified atom stereocenters. The highest BCUT2D eigenvalue weighted by Crippen LogP contribution is 2.36. The maximum absolute atomic E-state index is 13.9. The predicted octanol–water partition coefficient (Wildman–Crippen LogP) is 6.87. The number of nitrogens with zero attached hydrogens (tertiary/aromatic N) is 1. The fraction of sp³-hybridized carbons (Fsp3) is 0.0323. The van der Waals surface area contributed by atoms with Gasteiger partial charge in [0.2, 0.25) is 0 Å². The van der Waals surface area contributed by atoms with Crippen LogP contribution in [0.3, 0.4) is 0 Å². The van der Waals surface area contributed by atoms with Gasteiger partial charge >= 0.3 is 0 Å². The second kappa shape index (κ2) is 9.04. The van der Waals surface area contributed by atoms with Crippen molar-refractivity contribution in [1.82, 2.24) is 10.3 Å². The Kier molecular flexibility index (Phi) is 5.43. The highest BCUT2D eigenvalue weighted by molar-refractivity contribution is 6.10. The fourth-order valence-electron chi connectivity index (χ4n) is 4.54. The van der Waals surface area contributed by atoms with Gasteiger partial charge in [-0.05, 0) is 23.8 Å². The van der Waals surface area contributed by atoms with Crippen LogP contribution in [0.1, 0.15) is 27.7 Å². The summed E-state index contributed by atoms with van der Waals surface area (Å²) in [5.41, 5.74) is 3.50. The molecule has 4 aromatic carbocycles. The lowest BCUT2D eigenvalue weighted by Crippen LogP contribution is -2.29. The van der Waals surface area contributed by atoms with Crippen molar-refractivity contribution in [2.45, 2.75) is 6.04 Å². The molecule has 6 aromatic rings. The molecule has 6 rings (SSSR count). The van der Waals surface area contributed by atoms with E-state index in [9.17, 15) is 9.90 Å². The van der Waals surface area contributed by atoms with Crippen LogP contribution >= 0.6 is 0 Å². The van der Waals surface area contributed by atoms with E-state index in [0.29, 0.717) is 22.4 Å². The predicted molar refractivity (Wildman–Crippen MR) is 141 cm³/mol. The molecule has 0 aliphatic rings. The molecule has 0 bridgehead atoms. The number of amides is 1. The number of hydrogen-bond donors (Lipinski definition) is 2. The van der Waals surface area contributed by atoms with Crippen molar-refractivity contribution in [1.29, 1.82) is 0 Å². The first-order valence-corrected chi connectivity index (χ1v) is 11.7. The first kappa shape index (κ1) is 21.6. The van der Waals surface area contributed by atoms with E-state index in [1.165, 1.54) is 0 Å². The number of rotatable bonds is 5. The number of carbonyl (C=O) groups excluding carboxylic acids is 1. The summed E-state index contributed by atoms with van der Waals surface area (Å²) in [4.78, 5) is 18.6. The topological polar surface area (TPSA) is 75.4 Å². The van der Waals surface area contributed by atoms with Crippen molar-refractivity contribution in [3.8, 4) is 17.0 Å². The molecule has 0 fully saturated rings. The van der Waals surface area contributed by atoms with E-state index >= 15 is 0 Å². The number of para-hydroxylation sites is 2. The zero-order valence-electron chi connectivity index (χ0n) is 19.3. The average molecular weight is 471 g/mol. The van der Waals surface area contributed by atoms with Gasteiger partial charge in [0.15, 0.2) is 5.75 Å².